The Hall–Kier alpha value is -3.50. The van der Waals surface area contributed by atoms with Gasteiger partial charge in [0.2, 0.25) is 0 Å². The molecule has 10 heteroatoms. The largest absolute Gasteiger partial charge is 0.465 e. The average molecular weight is 581 g/mol. The number of benzene rings is 1. The van der Waals surface area contributed by atoms with Crippen molar-refractivity contribution >= 4 is 56.4 Å². The average Bonchev–Trinajstić information content (AvgIpc) is 3.25. The number of nitrogens with one attached hydrogen (secondary N) is 2. The molecule has 2 heterocycles. The predicted molar refractivity (Wildman–Crippen MR) is 156 cm³/mol. The lowest BCUT2D eigenvalue weighted by Crippen LogP contribution is -2.16. The molecular formula is C30H32N2O6S2. The number of aryl methyl sites for hydroxylation is 2. The number of amides is 2. The fourth-order valence-electron chi connectivity index (χ4n) is 5.42. The highest BCUT2D eigenvalue weighted by molar-refractivity contribution is 7.17. The van der Waals surface area contributed by atoms with Crippen LogP contribution in [0, 0.1) is 0 Å². The van der Waals surface area contributed by atoms with Crippen LogP contribution in [0.5, 0.6) is 0 Å². The van der Waals surface area contributed by atoms with Crippen molar-refractivity contribution in [3.63, 3.8) is 0 Å². The number of rotatable bonds is 6. The highest BCUT2D eigenvalue weighted by Crippen LogP contribution is 2.39. The molecule has 40 heavy (non-hydrogen) atoms. The number of esters is 2. The van der Waals surface area contributed by atoms with E-state index in [0.29, 0.717) is 32.3 Å². The third kappa shape index (κ3) is 5.69. The van der Waals surface area contributed by atoms with Gasteiger partial charge in [0.25, 0.3) is 11.8 Å². The van der Waals surface area contributed by atoms with E-state index in [9.17, 15) is 19.2 Å². The van der Waals surface area contributed by atoms with Crippen LogP contribution in [0.3, 0.4) is 0 Å². The lowest BCUT2D eigenvalue weighted by Gasteiger charge is -2.09. The summed E-state index contributed by atoms with van der Waals surface area (Å²) in [5.41, 5.74) is 3.57. The van der Waals surface area contributed by atoms with Crippen LogP contribution in [0.15, 0.2) is 24.3 Å². The van der Waals surface area contributed by atoms with Crippen LogP contribution in [0.2, 0.25) is 0 Å². The van der Waals surface area contributed by atoms with Gasteiger partial charge in [-0.1, -0.05) is 12.8 Å². The van der Waals surface area contributed by atoms with Crippen molar-refractivity contribution in [2.24, 2.45) is 0 Å². The van der Waals surface area contributed by atoms with Crippen LogP contribution in [-0.2, 0) is 35.2 Å². The summed E-state index contributed by atoms with van der Waals surface area (Å²) in [6.07, 6.45) is 9.69. The molecule has 0 fully saturated rings. The number of thiophene rings is 2. The fraction of sp³-hybridized carbons (Fsp3) is 0.400. The van der Waals surface area contributed by atoms with Crippen LogP contribution in [0.1, 0.15) is 101 Å². The van der Waals surface area contributed by atoms with Crippen LogP contribution in [0.4, 0.5) is 10.0 Å². The second kappa shape index (κ2) is 12.3. The molecule has 2 aliphatic carbocycles. The first-order chi connectivity index (χ1) is 19.4. The maximum absolute atomic E-state index is 13.1. The molecule has 3 aromatic rings. The molecule has 8 nitrogen and oxygen atoms in total. The molecule has 210 valence electrons. The maximum Gasteiger partial charge on any atom is 0.341 e. The van der Waals surface area contributed by atoms with E-state index in [1.807, 2.05) is 0 Å². The summed E-state index contributed by atoms with van der Waals surface area (Å²) in [6.45, 7) is 0. The van der Waals surface area contributed by atoms with Crippen molar-refractivity contribution in [3.8, 4) is 0 Å². The van der Waals surface area contributed by atoms with Gasteiger partial charge < -0.3 is 20.1 Å². The van der Waals surface area contributed by atoms with Gasteiger partial charge in [0.05, 0.1) is 25.3 Å². The first kappa shape index (κ1) is 28.0. The SMILES string of the molecule is COC(=O)c1c(NC(=O)c2ccc(C(=O)Nc3sc4c(c3C(=O)OC)CCCCC4)cc2)sc2c1CCCCC2. The van der Waals surface area contributed by atoms with E-state index in [4.69, 9.17) is 9.47 Å². The van der Waals surface area contributed by atoms with E-state index in [1.165, 1.54) is 36.9 Å². The van der Waals surface area contributed by atoms with Crippen molar-refractivity contribution in [2.45, 2.75) is 64.2 Å². The molecular weight excluding hydrogens is 548 g/mol. The molecule has 0 saturated carbocycles. The van der Waals surface area contributed by atoms with Crippen LogP contribution in [0.25, 0.3) is 0 Å². The standard InChI is InChI=1S/C30H32N2O6S2/c1-37-29(35)23-19-9-5-3-7-11-21(19)39-27(23)31-25(33)17-13-15-18(16-14-17)26(34)32-28-24(30(36)38-2)20-10-6-4-8-12-22(20)40-28/h13-16H,3-12H2,1-2H3,(H,31,33)(H,32,34). The molecule has 2 amide bonds. The first-order valence-corrected chi connectivity index (χ1v) is 15.2. The summed E-state index contributed by atoms with van der Waals surface area (Å²) < 4.78 is 10.1. The first-order valence-electron chi connectivity index (χ1n) is 13.6. The molecule has 0 atom stereocenters. The van der Waals surface area contributed by atoms with Crippen LogP contribution in [-0.4, -0.2) is 38.0 Å². The van der Waals surface area contributed by atoms with Crippen molar-refractivity contribution in [3.05, 3.63) is 67.4 Å². The zero-order valence-electron chi connectivity index (χ0n) is 22.6. The van der Waals surface area contributed by atoms with Gasteiger partial charge in [-0.2, -0.15) is 0 Å². The number of carbonyl (C=O) groups is 4. The fourth-order valence-corrected chi connectivity index (χ4v) is 7.97. The Morgan fingerprint density at radius 3 is 1.35 bits per heavy atom. The van der Waals surface area contributed by atoms with Gasteiger partial charge in [0, 0.05) is 20.9 Å². The summed E-state index contributed by atoms with van der Waals surface area (Å²) in [5, 5.41) is 6.79. The number of hydrogen-bond acceptors (Lipinski definition) is 8. The number of anilines is 2. The summed E-state index contributed by atoms with van der Waals surface area (Å²) in [4.78, 5) is 53.7. The smallest absolute Gasteiger partial charge is 0.341 e. The number of fused-ring (bicyclic) bond motifs is 2. The monoisotopic (exact) mass is 580 g/mol. The molecule has 1 aromatic carbocycles. The molecule has 0 saturated heterocycles. The Morgan fingerprint density at radius 2 is 0.975 bits per heavy atom. The predicted octanol–water partition coefficient (Wildman–Crippen LogP) is 6.43. The minimum absolute atomic E-state index is 0.356. The molecule has 0 aliphatic heterocycles. The molecule has 2 N–H and O–H groups in total. The summed E-state index contributed by atoms with van der Waals surface area (Å²) in [5.74, 6) is -1.63. The molecule has 0 unspecified atom stereocenters. The van der Waals surface area contributed by atoms with Crippen molar-refractivity contribution in [2.75, 3.05) is 24.9 Å². The van der Waals surface area contributed by atoms with E-state index < -0.39 is 11.9 Å². The number of ether oxygens (including phenoxy) is 2. The van der Waals surface area contributed by atoms with Crippen LogP contribution >= 0.6 is 22.7 Å². The molecule has 0 spiro atoms. The van der Waals surface area contributed by atoms with Crippen molar-refractivity contribution in [1.29, 1.82) is 0 Å². The Bertz CT molecular complexity index is 1340. The van der Waals surface area contributed by atoms with E-state index in [1.54, 1.807) is 24.3 Å². The zero-order valence-corrected chi connectivity index (χ0v) is 24.3. The second-order valence-corrected chi connectivity index (χ2v) is 12.2. The summed E-state index contributed by atoms with van der Waals surface area (Å²) in [7, 11) is 2.69. The third-order valence-electron chi connectivity index (χ3n) is 7.49. The second-order valence-electron chi connectivity index (χ2n) is 10.0. The van der Waals surface area contributed by atoms with Crippen LogP contribution < -0.4 is 10.6 Å². The third-order valence-corrected chi connectivity index (χ3v) is 9.90. The van der Waals surface area contributed by atoms with Gasteiger partial charge in [-0.05, 0) is 86.8 Å². The highest BCUT2D eigenvalue weighted by Gasteiger charge is 2.28. The van der Waals surface area contributed by atoms with E-state index >= 15 is 0 Å². The molecule has 0 bridgehead atoms. The Labute approximate surface area is 241 Å². The lowest BCUT2D eigenvalue weighted by molar-refractivity contribution is 0.0592. The van der Waals surface area contributed by atoms with Gasteiger partial charge in [0.1, 0.15) is 10.0 Å². The quantitative estimate of drug-likeness (QED) is 0.257. The summed E-state index contributed by atoms with van der Waals surface area (Å²) >= 11 is 2.87. The topological polar surface area (TPSA) is 111 Å². The Morgan fingerprint density at radius 1 is 0.600 bits per heavy atom. The Kier molecular flexibility index (Phi) is 8.66. The van der Waals surface area contributed by atoms with Gasteiger partial charge in [0.15, 0.2) is 0 Å². The van der Waals surface area contributed by atoms with Crippen molar-refractivity contribution in [1.82, 2.24) is 0 Å². The number of methoxy groups -OCH3 is 2. The van der Waals surface area contributed by atoms with E-state index in [0.717, 1.165) is 85.1 Å². The maximum atomic E-state index is 13.1. The van der Waals surface area contributed by atoms with Gasteiger partial charge >= 0.3 is 11.9 Å². The lowest BCUT2D eigenvalue weighted by atomic mass is 10.1. The summed E-state index contributed by atoms with van der Waals surface area (Å²) in [6, 6.07) is 6.30. The van der Waals surface area contributed by atoms with E-state index in [-0.39, 0.29) is 11.8 Å². The number of hydrogen-bond donors (Lipinski definition) is 2. The molecule has 5 rings (SSSR count). The van der Waals surface area contributed by atoms with E-state index in [2.05, 4.69) is 10.6 Å². The molecule has 2 aromatic heterocycles. The van der Waals surface area contributed by atoms with Gasteiger partial charge in [-0.15, -0.1) is 22.7 Å². The van der Waals surface area contributed by atoms with Gasteiger partial charge in [-0.25, -0.2) is 9.59 Å². The van der Waals surface area contributed by atoms with Crippen molar-refractivity contribution < 1.29 is 28.7 Å². The Balaban J connectivity index is 1.33. The zero-order chi connectivity index (χ0) is 28.2. The van der Waals surface area contributed by atoms with Gasteiger partial charge in [-0.3, -0.25) is 9.59 Å². The molecule has 0 radical (unpaired) electrons. The molecule has 2 aliphatic rings. The minimum Gasteiger partial charge on any atom is -0.465 e. The minimum atomic E-state index is -0.445. The highest BCUT2D eigenvalue weighted by atomic mass is 32.1. The normalized spacial score (nSPS) is 14.7. The number of carbonyl (C=O) groups excluding carboxylic acids is 4.